The molecule has 0 fully saturated rings. The quantitative estimate of drug-likeness (QED) is 0.0235. The van der Waals surface area contributed by atoms with Crippen LogP contribution in [0, 0.1) is 11.3 Å². The first-order valence-corrected chi connectivity index (χ1v) is 31.0. The van der Waals surface area contributed by atoms with E-state index in [0.29, 0.717) is 71.4 Å². The minimum atomic E-state index is -1.58. The van der Waals surface area contributed by atoms with Crippen LogP contribution in [0.5, 0.6) is 0 Å². The summed E-state index contributed by atoms with van der Waals surface area (Å²) in [7, 11) is 0. The van der Waals surface area contributed by atoms with Gasteiger partial charge in [0.2, 0.25) is 29.5 Å². The second-order valence-corrected chi connectivity index (χ2v) is 21.8. The van der Waals surface area contributed by atoms with Gasteiger partial charge in [0.1, 0.15) is 30.5 Å². The largest absolute Gasteiger partial charge is 0.481 e. The number of amides is 5. The molecule has 0 aliphatic carbocycles. The minimum absolute atomic E-state index is 0.000154. The average molecular weight is 1230 g/mol. The second-order valence-electron chi connectivity index (χ2n) is 21.8. The third-order valence-corrected chi connectivity index (χ3v) is 14.0. The highest BCUT2D eigenvalue weighted by molar-refractivity contribution is 6.05. The predicted octanol–water partition coefficient (Wildman–Crippen LogP) is 6.41. The molecule has 0 radical (unpaired) electrons. The molecule has 1 heterocycles. The Kier molecular flexibility index (Phi) is 48.3. The smallest absolute Gasteiger partial charge is 0.326 e. The Labute approximate surface area is 508 Å². The van der Waals surface area contributed by atoms with Gasteiger partial charge in [0.05, 0.1) is 31.8 Å². The van der Waals surface area contributed by atoms with E-state index in [1.165, 1.54) is 58.8 Å². The van der Waals surface area contributed by atoms with Gasteiger partial charge in [-0.2, -0.15) is 0 Å². The van der Waals surface area contributed by atoms with E-state index in [-0.39, 0.29) is 108 Å². The molecule has 0 aromatic rings. The Balaban J connectivity index is 0.00000178. The molecule has 492 valence electrons. The number of rotatable bonds is 56. The van der Waals surface area contributed by atoms with Crippen LogP contribution in [0.15, 0.2) is 16.8 Å². The van der Waals surface area contributed by atoms with Gasteiger partial charge in [0.25, 0.3) is 0 Å². The van der Waals surface area contributed by atoms with E-state index in [0.717, 1.165) is 50.5 Å². The molecule has 0 saturated carbocycles. The SMILES string of the molecule is CCOCC(=O)NCCOCCOCC(=O)NCCCC[C@H](CCC(=O)[C@H](CCC(=O)O)NC(=O)C(C)(C)C(=O)NCC1=CN=CC1)C(=O)O.CCOCCCC(=O)CC[C@H](NC(=O)CCCCCCCCCCCCCCCCC(=O)O)C(=O)O. The number of aliphatic carboxylic acids is 4. The van der Waals surface area contributed by atoms with Crippen molar-refractivity contribution in [2.45, 2.75) is 220 Å². The van der Waals surface area contributed by atoms with E-state index in [4.69, 9.17) is 29.2 Å². The van der Waals surface area contributed by atoms with Crippen LogP contribution in [-0.4, -0.2) is 176 Å². The monoisotopic (exact) mass is 1220 g/mol. The summed E-state index contributed by atoms with van der Waals surface area (Å²) in [6.45, 7) is 9.41. The zero-order valence-electron chi connectivity index (χ0n) is 51.8. The van der Waals surface area contributed by atoms with Crippen LogP contribution >= 0.6 is 0 Å². The van der Waals surface area contributed by atoms with Gasteiger partial charge in [-0.15, -0.1) is 0 Å². The predicted molar refractivity (Wildman–Crippen MR) is 321 cm³/mol. The third-order valence-electron chi connectivity index (χ3n) is 14.0. The van der Waals surface area contributed by atoms with Crippen LogP contribution in [0.4, 0.5) is 0 Å². The topological polar surface area (TPSA) is 378 Å². The molecular formula is C61H104N6O19. The van der Waals surface area contributed by atoms with Gasteiger partial charge in [-0.1, -0.05) is 83.5 Å². The van der Waals surface area contributed by atoms with Crippen LogP contribution in [-0.2, 0) is 71.7 Å². The molecule has 1 aliphatic rings. The summed E-state index contributed by atoms with van der Waals surface area (Å²) < 4.78 is 20.7. The number of hydrogen-bond acceptors (Lipinski definition) is 16. The maximum Gasteiger partial charge on any atom is 0.326 e. The van der Waals surface area contributed by atoms with E-state index in [2.05, 4.69) is 31.6 Å². The number of hydrogen-bond donors (Lipinski definition) is 9. The Morgan fingerprint density at radius 1 is 0.488 bits per heavy atom. The summed E-state index contributed by atoms with van der Waals surface area (Å²) in [6.07, 6.45) is 21.7. The van der Waals surface area contributed by atoms with Crippen LogP contribution in [0.25, 0.3) is 0 Å². The normalized spacial score (nSPS) is 12.8. The van der Waals surface area contributed by atoms with Crippen molar-refractivity contribution in [1.29, 1.82) is 0 Å². The number of carboxylic acids is 4. The highest BCUT2D eigenvalue weighted by Crippen LogP contribution is 2.21. The Bertz CT molecular complexity index is 2070. The van der Waals surface area contributed by atoms with Gasteiger partial charge in [-0.25, -0.2) is 4.79 Å². The van der Waals surface area contributed by atoms with Crippen molar-refractivity contribution in [3.8, 4) is 0 Å². The van der Waals surface area contributed by atoms with Crippen molar-refractivity contribution >= 4 is 71.2 Å². The van der Waals surface area contributed by atoms with Gasteiger partial charge in [-0.05, 0) is 84.6 Å². The van der Waals surface area contributed by atoms with Crippen LogP contribution in [0.2, 0.25) is 0 Å². The molecule has 9 N–H and O–H groups in total. The lowest BCUT2D eigenvalue weighted by Gasteiger charge is -2.26. The molecule has 86 heavy (non-hydrogen) atoms. The fraction of sp³-hybridized carbons (Fsp3) is 0.770. The summed E-state index contributed by atoms with van der Waals surface area (Å²) >= 11 is 0. The molecule has 0 unspecified atom stereocenters. The minimum Gasteiger partial charge on any atom is -0.481 e. The highest BCUT2D eigenvalue weighted by Gasteiger charge is 2.38. The molecule has 0 bridgehead atoms. The maximum absolute atomic E-state index is 13.1. The van der Waals surface area contributed by atoms with Gasteiger partial charge < -0.3 is 66.0 Å². The first-order chi connectivity index (χ1) is 41.1. The van der Waals surface area contributed by atoms with Crippen molar-refractivity contribution < 1.29 is 92.1 Å². The molecule has 1 rings (SSSR count). The molecule has 0 spiro atoms. The lowest BCUT2D eigenvalue weighted by atomic mass is 9.89. The first kappa shape index (κ1) is 79.8. The number of carbonyl (C=O) groups is 11. The molecule has 0 aromatic carbocycles. The summed E-state index contributed by atoms with van der Waals surface area (Å²) in [5, 5.41) is 49.9. The Morgan fingerprint density at radius 2 is 1.05 bits per heavy atom. The zero-order valence-corrected chi connectivity index (χ0v) is 51.8. The first-order valence-electron chi connectivity index (χ1n) is 31.0. The maximum atomic E-state index is 13.1. The summed E-state index contributed by atoms with van der Waals surface area (Å²) in [5.74, 6) is -7.65. The lowest BCUT2D eigenvalue weighted by molar-refractivity contribution is -0.144. The number of nitrogens with one attached hydrogen (secondary N) is 5. The fourth-order valence-corrected chi connectivity index (χ4v) is 8.66. The Hall–Kier alpha value is -6.18. The van der Waals surface area contributed by atoms with Gasteiger partial charge in [0, 0.05) is 96.8 Å². The van der Waals surface area contributed by atoms with Crippen molar-refractivity contribution in [2.24, 2.45) is 16.3 Å². The van der Waals surface area contributed by atoms with Gasteiger partial charge in [0.15, 0.2) is 5.78 Å². The second kappa shape index (κ2) is 52.0. The van der Waals surface area contributed by atoms with Gasteiger partial charge in [-0.3, -0.25) is 52.9 Å². The van der Waals surface area contributed by atoms with E-state index in [1.807, 2.05) is 6.92 Å². The average Bonchev–Trinajstić information content (AvgIpc) is 3.97. The highest BCUT2D eigenvalue weighted by atomic mass is 16.5. The Morgan fingerprint density at radius 3 is 1.60 bits per heavy atom. The van der Waals surface area contributed by atoms with Crippen LogP contribution in [0.1, 0.15) is 207 Å². The molecule has 3 atom stereocenters. The van der Waals surface area contributed by atoms with Crippen molar-refractivity contribution in [1.82, 2.24) is 26.6 Å². The number of carboxylic acid groups (broad SMARTS) is 4. The molecular weight excluding hydrogens is 1120 g/mol. The van der Waals surface area contributed by atoms with E-state index >= 15 is 0 Å². The number of nitrogens with zero attached hydrogens (tertiary/aromatic N) is 1. The van der Waals surface area contributed by atoms with E-state index in [9.17, 15) is 63.0 Å². The number of Topliss-reactive ketones (excluding diaryl/α,β-unsaturated/α-hetero) is 2. The van der Waals surface area contributed by atoms with Crippen molar-refractivity contribution in [3.63, 3.8) is 0 Å². The molecule has 1 aliphatic heterocycles. The molecule has 0 aromatic heterocycles. The number of ketones is 2. The number of carbonyl (C=O) groups excluding carboxylic acids is 7. The zero-order chi connectivity index (χ0) is 64.2. The number of aliphatic imine (C=N–C) groups is 1. The van der Waals surface area contributed by atoms with Crippen molar-refractivity contribution in [3.05, 3.63) is 11.8 Å². The van der Waals surface area contributed by atoms with E-state index in [1.54, 1.807) is 19.3 Å². The molecule has 25 heteroatoms. The molecule has 0 saturated heterocycles. The lowest BCUT2D eigenvalue weighted by Crippen LogP contribution is -2.52. The van der Waals surface area contributed by atoms with Crippen molar-refractivity contribution in [2.75, 3.05) is 72.5 Å². The third kappa shape index (κ3) is 45.2. The number of ether oxygens (including phenoxy) is 4. The molecule has 5 amide bonds. The van der Waals surface area contributed by atoms with Crippen LogP contribution in [0.3, 0.4) is 0 Å². The molecule has 25 nitrogen and oxygen atoms in total. The standard InChI is InChI=1S/C33H53N5O12.C28H51NO7/c1-4-48-21-27(40)36-15-16-49-17-18-50-22-28(41)35-13-6-5-7-24(30(44)45)8-10-26(39)25(9-11-29(42)43)38-32(47)33(2,3)31(46)37-20-23-12-14-34-19-23;1-2-36-23-17-18-24(30)21-22-25(28(34)35)29-26(31)19-15-13-11-9-7-5-3-4-6-8-10-12-14-16-20-27(32)33/h14,19,24-25H,4-13,15-18,20-22H2,1-3H3,(H,35,41)(H,36,40)(H,37,46)(H,38,47)(H,42,43)(H,44,45);25H,2-23H2,1H3,(H,29,31)(H,32,33)(H,34,35)/t24-,25+;25-/m10/s1. The fourth-order valence-electron chi connectivity index (χ4n) is 8.66. The van der Waals surface area contributed by atoms with Crippen LogP contribution < -0.4 is 26.6 Å². The summed E-state index contributed by atoms with van der Waals surface area (Å²) in [5.41, 5.74) is -0.715. The summed E-state index contributed by atoms with van der Waals surface area (Å²) in [4.78, 5) is 135. The van der Waals surface area contributed by atoms with Gasteiger partial charge >= 0.3 is 23.9 Å². The summed E-state index contributed by atoms with van der Waals surface area (Å²) in [6, 6.07) is -2.22. The van der Waals surface area contributed by atoms with E-state index < -0.39 is 71.3 Å². The number of unbranched alkanes of at least 4 members (excludes halogenated alkanes) is 14.